The second-order valence-electron chi connectivity index (χ2n) is 5.35. The van der Waals surface area contributed by atoms with Crippen molar-refractivity contribution < 1.29 is 18.7 Å². The molecule has 26 heavy (non-hydrogen) atoms. The third kappa shape index (κ3) is 3.72. The number of rotatable bonds is 5. The Morgan fingerprint density at radius 1 is 1.19 bits per heavy atom. The molecule has 9 heteroatoms. The maximum absolute atomic E-state index is 11.9. The van der Waals surface area contributed by atoms with Gasteiger partial charge in [0.2, 0.25) is 0 Å². The van der Waals surface area contributed by atoms with E-state index < -0.39 is 22.8 Å². The molecule has 0 aliphatic rings. The van der Waals surface area contributed by atoms with Gasteiger partial charge in [-0.15, -0.1) is 0 Å². The van der Waals surface area contributed by atoms with Crippen LogP contribution in [-0.4, -0.2) is 22.6 Å². The first-order valence-electron chi connectivity index (χ1n) is 7.52. The minimum atomic E-state index is -0.715. The van der Waals surface area contributed by atoms with Crippen molar-refractivity contribution in [3.63, 3.8) is 0 Å². The van der Waals surface area contributed by atoms with E-state index in [-0.39, 0.29) is 13.2 Å². The highest BCUT2D eigenvalue weighted by molar-refractivity contribution is 5.81. The molecule has 134 valence electrons. The Hall–Kier alpha value is -3.62. The summed E-state index contributed by atoms with van der Waals surface area (Å²) in [5.41, 5.74) is -1.10. The number of carbonyl (C=O) groups excluding carboxylic acids is 1. The molecule has 0 aliphatic carbocycles. The number of aromatic nitrogens is 2. The highest BCUT2D eigenvalue weighted by Gasteiger charge is 2.11. The zero-order valence-corrected chi connectivity index (χ0v) is 13.7. The number of H-pyrrole nitrogens is 1. The number of carbonyl (C=O) groups is 1. The third-order valence-corrected chi connectivity index (χ3v) is 3.62. The third-order valence-electron chi connectivity index (χ3n) is 3.62. The van der Waals surface area contributed by atoms with Gasteiger partial charge in [-0.1, -0.05) is 0 Å². The predicted octanol–water partition coefficient (Wildman–Crippen LogP) is 0.395. The number of nitrogens with zero attached hydrogens (tertiary/aromatic N) is 1. The maximum Gasteiger partial charge on any atom is 0.336 e. The topological polar surface area (TPSA) is 121 Å². The smallest absolute Gasteiger partial charge is 0.336 e. The molecule has 0 saturated heterocycles. The van der Waals surface area contributed by atoms with Gasteiger partial charge in [-0.3, -0.25) is 19.1 Å². The predicted molar refractivity (Wildman–Crippen MR) is 90.2 cm³/mol. The van der Waals surface area contributed by atoms with Crippen LogP contribution in [-0.2, 0) is 22.7 Å². The zero-order chi connectivity index (χ0) is 18.7. The second kappa shape index (κ2) is 7.09. The first kappa shape index (κ1) is 17.2. The summed E-state index contributed by atoms with van der Waals surface area (Å²) >= 11 is 0. The van der Waals surface area contributed by atoms with E-state index in [1.807, 2.05) is 4.98 Å². The summed E-state index contributed by atoms with van der Waals surface area (Å²) in [7, 11) is 1.49. The Kier molecular flexibility index (Phi) is 4.70. The van der Waals surface area contributed by atoms with E-state index in [1.54, 1.807) is 18.2 Å². The van der Waals surface area contributed by atoms with Gasteiger partial charge in [-0.25, -0.2) is 9.59 Å². The van der Waals surface area contributed by atoms with Crippen LogP contribution in [0.1, 0.15) is 5.56 Å². The molecule has 3 rings (SSSR count). The quantitative estimate of drug-likeness (QED) is 0.517. The molecule has 0 unspecified atom stereocenters. The lowest BCUT2D eigenvalue weighted by atomic mass is 10.1. The van der Waals surface area contributed by atoms with E-state index in [0.717, 1.165) is 10.6 Å². The number of hydrogen-bond acceptors (Lipinski definition) is 7. The summed E-state index contributed by atoms with van der Waals surface area (Å²) < 4.78 is 16.3. The molecule has 0 fully saturated rings. The number of aromatic amines is 1. The van der Waals surface area contributed by atoms with Gasteiger partial charge in [-0.05, 0) is 12.1 Å². The van der Waals surface area contributed by atoms with Gasteiger partial charge in [0.1, 0.15) is 24.5 Å². The van der Waals surface area contributed by atoms with Crippen LogP contribution in [0.15, 0.2) is 55.3 Å². The van der Waals surface area contributed by atoms with Crippen molar-refractivity contribution in [1.82, 2.24) is 9.55 Å². The maximum atomic E-state index is 11.9. The lowest BCUT2D eigenvalue weighted by Gasteiger charge is -2.09. The van der Waals surface area contributed by atoms with Gasteiger partial charge in [0.15, 0.2) is 0 Å². The molecule has 2 heterocycles. The van der Waals surface area contributed by atoms with Gasteiger partial charge in [0.05, 0.1) is 7.11 Å². The van der Waals surface area contributed by atoms with Crippen molar-refractivity contribution in [2.24, 2.45) is 0 Å². The number of benzene rings is 1. The van der Waals surface area contributed by atoms with Crippen molar-refractivity contribution in [1.29, 1.82) is 0 Å². The first-order chi connectivity index (χ1) is 12.5. The lowest BCUT2D eigenvalue weighted by Crippen LogP contribution is -2.31. The summed E-state index contributed by atoms with van der Waals surface area (Å²) in [4.78, 5) is 48.2. The second-order valence-corrected chi connectivity index (χ2v) is 5.35. The fraction of sp³-hybridized carbons (Fsp3) is 0.176. The average molecular weight is 358 g/mol. The highest BCUT2D eigenvalue weighted by Crippen LogP contribution is 2.22. The van der Waals surface area contributed by atoms with E-state index in [0.29, 0.717) is 22.3 Å². The number of ether oxygens (including phenoxy) is 2. The van der Waals surface area contributed by atoms with Crippen LogP contribution in [0.3, 0.4) is 0 Å². The molecule has 0 aliphatic heterocycles. The van der Waals surface area contributed by atoms with Gasteiger partial charge in [0, 0.05) is 35.3 Å². The molecular formula is C17H14N2O7. The lowest BCUT2D eigenvalue weighted by molar-refractivity contribution is -0.145. The Labute approximate surface area is 145 Å². The molecule has 2 aromatic heterocycles. The Balaban J connectivity index is 1.78. The summed E-state index contributed by atoms with van der Waals surface area (Å²) in [6.45, 7) is -0.547. The number of methoxy groups -OCH3 is 1. The van der Waals surface area contributed by atoms with Gasteiger partial charge < -0.3 is 13.9 Å². The Morgan fingerprint density at radius 2 is 2.00 bits per heavy atom. The van der Waals surface area contributed by atoms with E-state index >= 15 is 0 Å². The molecule has 1 aromatic carbocycles. The minimum absolute atomic E-state index is 0.175. The number of hydrogen-bond donors (Lipinski definition) is 1. The molecule has 0 saturated carbocycles. The van der Waals surface area contributed by atoms with Crippen molar-refractivity contribution in [2.45, 2.75) is 13.2 Å². The molecule has 0 bridgehead atoms. The molecule has 0 spiro atoms. The van der Waals surface area contributed by atoms with Crippen molar-refractivity contribution in [3.05, 3.63) is 73.4 Å². The van der Waals surface area contributed by atoms with Crippen LogP contribution < -0.4 is 21.6 Å². The first-order valence-corrected chi connectivity index (χ1v) is 7.52. The van der Waals surface area contributed by atoms with E-state index in [2.05, 4.69) is 0 Å². The van der Waals surface area contributed by atoms with Crippen molar-refractivity contribution in [2.75, 3.05) is 7.11 Å². The van der Waals surface area contributed by atoms with E-state index in [1.165, 1.54) is 19.4 Å². The van der Waals surface area contributed by atoms with Gasteiger partial charge in [0.25, 0.3) is 5.56 Å². The zero-order valence-electron chi connectivity index (χ0n) is 13.7. The number of esters is 1. The van der Waals surface area contributed by atoms with Gasteiger partial charge >= 0.3 is 17.3 Å². The standard InChI is InChI=1S/C17H14N2O7/c1-24-11-2-3-12-10(6-15(21)26-13(12)7-11)9-25-16(22)8-19-5-4-14(20)18-17(19)23/h2-7H,8-9H2,1H3,(H,18,20,23). The monoisotopic (exact) mass is 358 g/mol. The molecule has 3 aromatic rings. The fourth-order valence-corrected chi connectivity index (χ4v) is 2.37. The number of fused-ring (bicyclic) bond motifs is 1. The van der Waals surface area contributed by atoms with Crippen LogP contribution in [0.5, 0.6) is 5.75 Å². The Morgan fingerprint density at radius 3 is 2.73 bits per heavy atom. The van der Waals surface area contributed by atoms with Crippen molar-refractivity contribution >= 4 is 16.9 Å². The largest absolute Gasteiger partial charge is 0.497 e. The summed E-state index contributed by atoms with van der Waals surface area (Å²) in [6, 6.07) is 7.29. The fourth-order valence-electron chi connectivity index (χ4n) is 2.37. The van der Waals surface area contributed by atoms with Crippen LogP contribution >= 0.6 is 0 Å². The molecule has 0 amide bonds. The summed E-state index contributed by atoms with van der Waals surface area (Å²) in [5, 5.41) is 0.597. The van der Waals surface area contributed by atoms with Crippen LogP contribution in [0.25, 0.3) is 11.0 Å². The average Bonchev–Trinajstić information content (AvgIpc) is 2.61. The molecule has 0 radical (unpaired) electrons. The number of nitrogens with one attached hydrogen (secondary N) is 1. The van der Waals surface area contributed by atoms with Crippen LogP contribution in [0.2, 0.25) is 0 Å². The van der Waals surface area contributed by atoms with Crippen LogP contribution in [0.4, 0.5) is 0 Å². The summed E-state index contributed by atoms with van der Waals surface area (Å²) in [5.74, 6) is -0.179. The molecule has 9 nitrogen and oxygen atoms in total. The normalized spacial score (nSPS) is 10.7. The van der Waals surface area contributed by atoms with Crippen molar-refractivity contribution in [3.8, 4) is 5.75 Å². The molecular weight excluding hydrogens is 344 g/mol. The molecule has 0 atom stereocenters. The van der Waals surface area contributed by atoms with E-state index in [4.69, 9.17) is 13.9 Å². The SMILES string of the molecule is COc1ccc2c(COC(=O)Cn3ccc(=O)[nH]c3=O)cc(=O)oc2c1. The summed E-state index contributed by atoms with van der Waals surface area (Å²) in [6.07, 6.45) is 1.20. The molecule has 1 N–H and O–H groups in total. The van der Waals surface area contributed by atoms with E-state index in [9.17, 15) is 19.2 Å². The highest BCUT2D eigenvalue weighted by atomic mass is 16.5. The minimum Gasteiger partial charge on any atom is -0.497 e. The Bertz CT molecular complexity index is 1140. The van der Waals surface area contributed by atoms with Gasteiger partial charge in [-0.2, -0.15) is 0 Å². The van der Waals surface area contributed by atoms with Crippen LogP contribution in [0, 0.1) is 0 Å².